The summed E-state index contributed by atoms with van der Waals surface area (Å²) >= 11 is 6.27. The molecular formula is C25H20ClN9O3. The Kier molecular flexibility index (Phi) is 5.92. The van der Waals surface area contributed by atoms with Gasteiger partial charge in [0.15, 0.2) is 0 Å². The number of amides is 1. The molecule has 1 aliphatic heterocycles. The Bertz CT molecular complexity index is 1690. The Morgan fingerprint density at radius 2 is 2.03 bits per heavy atom. The molecule has 6 rings (SSSR count). The van der Waals surface area contributed by atoms with E-state index in [0.29, 0.717) is 52.1 Å². The molecule has 0 aliphatic carbocycles. The van der Waals surface area contributed by atoms with Gasteiger partial charge < -0.3 is 9.72 Å². The first-order valence-electron chi connectivity index (χ1n) is 11.7. The molecule has 1 aliphatic rings. The van der Waals surface area contributed by atoms with Gasteiger partial charge in [0.2, 0.25) is 0 Å². The van der Waals surface area contributed by atoms with Crippen molar-refractivity contribution in [3.05, 3.63) is 87.9 Å². The summed E-state index contributed by atoms with van der Waals surface area (Å²) in [4.78, 5) is 37.4. The number of ether oxygens (including phenoxy) is 1. The number of hydrogen-bond acceptors (Lipinski definition) is 8. The number of aryl methyl sites for hydroxylation is 1. The van der Waals surface area contributed by atoms with Crippen LogP contribution in [0, 0.1) is 0 Å². The molecule has 0 bridgehead atoms. The summed E-state index contributed by atoms with van der Waals surface area (Å²) in [5.74, 6) is 1.33. The fourth-order valence-corrected chi connectivity index (χ4v) is 4.76. The quantitative estimate of drug-likeness (QED) is 0.351. The number of tetrazole rings is 1. The molecule has 5 aromatic rings. The van der Waals surface area contributed by atoms with E-state index in [1.807, 2.05) is 12.1 Å². The zero-order valence-electron chi connectivity index (χ0n) is 20.0. The van der Waals surface area contributed by atoms with Crippen LogP contribution in [0.4, 0.5) is 10.5 Å². The Labute approximate surface area is 220 Å². The lowest BCUT2D eigenvalue weighted by Gasteiger charge is -2.14. The maximum Gasteiger partial charge on any atom is 0.411 e. The van der Waals surface area contributed by atoms with E-state index in [1.54, 1.807) is 41.1 Å². The van der Waals surface area contributed by atoms with Crippen molar-refractivity contribution in [1.29, 1.82) is 0 Å². The maximum atomic E-state index is 13.4. The highest BCUT2D eigenvalue weighted by atomic mass is 35.5. The van der Waals surface area contributed by atoms with Gasteiger partial charge in [-0.25, -0.2) is 14.8 Å². The van der Waals surface area contributed by atoms with Gasteiger partial charge in [0, 0.05) is 34.3 Å². The van der Waals surface area contributed by atoms with Crippen molar-refractivity contribution in [3.8, 4) is 28.3 Å². The third-order valence-corrected chi connectivity index (χ3v) is 6.59. The number of carbonyl (C=O) groups excluding carboxylic acids is 1. The predicted octanol–water partition coefficient (Wildman–Crippen LogP) is 3.64. The average Bonchev–Trinajstić information content (AvgIpc) is 3.70. The Hall–Kier alpha value is -4.84. The van der Waals surface area contributed by atoms with Crippen molar-refractivity contribution in [3.63, 3.8) is 0 Å². The average molecular weight is 530 g/mol. The first-order chi connectivity index (χ1) is 18.5. The van der Waals surface area contributed by atoms with E-state index in [9.17, 15) is 9.59 Å². The number of fused-ring (bicyclic) bond motifs is 1. The van der Waals surface area contributed by atoms with Crippen LogP contribution in [0.25, 0.3) is 28.3 Å². The molecule has 2 N–H and O–H groups in total. The fraction of sp³-hybridized carbons (Fsp3) is 0.160. The van der Waals surface area contributed by atoms with E-state index in [4.69, 9.17) is 16.6 Å². The minimum Gasteiger partial charge on any atom is -0.453 e. The summed E-state index contributed by atoms with van der Waals surface area (Å²) < 4.78 is 7.82. The number of benzene rings is 2. The van der Waals surface area contributed by atoms with Crippen molar-refractivity contribution in [2.75, 3.05) is 12.4 Å². The smallest absolute Gasteiger partial charge is 0.411 e. The van der Waals surface area contributed by atoms with Crippen molar-refractivity contribution in [1.82, 2.24) is 39.7 Å². The Morgan fingerprint density at radius 3 is 2.79 bits per heavy atom. The van der Waals surface area contributed by atoms with Gasteiger partial charge in [-0.1, -0.05) is 11.6 Å². The zero-order valence-corrected chi connectivity index (χ0v) is 20.8. The summed E-state index contributed by atoms with van der Waals surface area (Å²) in [6.45, 7) is 0. The molecule has 0 unspecified atom stereocenters. The highest BCUT2D eigenvalue weighted by Gasteiger charge is 2.28. The zero-order chi connectivity index (χ0) is 26.2. The number of halogens is 1. The predicted molar refractivity (Wildman–Crippen MR) is 138 cm³/mol. The van der Waals surface area contributed by atoms with E-state index in [0.717, 1.165) is 11.3 Å². The molecule has 0 saturated carbocycles. The van der Waals surface area contributed by atoms with Crippen LogP contribution in [0.2, 0.25) is 5.02 Å². The molecule has 0 radical (unpaired) electrons. The lowest BCUT2D eigenvalue weighted by molar-refractivity contribution is 0.187. The molecule has 38 heavy (non-hydrogen) atoms. The van der Waals surface area contributed by atoms with Gasteiger partial charge >= 0.3 is 6.09 Å². The van der Waals surface area contributed by atoms with Gasteiger partial charge in [-0.2, -0.15) is 4.68 Å². The fourth-order valence-electron chi connectivity index (χ4n) is 4.59. The molecule has 190 valence electrons. The van der Waals surface area contributed by atoms with E-state index in [2.05, 4.69) is 35.5 Å². The molecule has 3 aromatic heterocycles. The van der Waals surface area contributed by atoms with Crippen molar-refractivity contribution < 1.29 is 9.53 Å². The number of carbonyl (C=O) groups is 1. The van der Waals surface area contributed by atoms with Crippen molar-refractivity contribution >= 4 is 23.4 Å². The number of methoxy groups -OCH3 is 1. The Morgan fingerprint density at radius 1 is 1.18 bits per heavy atom. The normalized spacial score (nSPS) is 14.3. The second-order valence-corrected chi connectivity index (χ2v) is 9.05. The summed E-state index contributed by atoms with van der Waals surface area (Å²) in [6, 6.07) is 13.7. The summed E-state index contributed by atoms with van der Waals surface area (Å²) in [6.07, 6.45) is 3.99. The van der Waals surface area contributed by atoms with Gasteiger partial charge in [0.05, 0.1) is 36.4 Å². The molecule has 12 nitrogen and oxygen atoms in total. The monoisotopic (exact) mass is 529 g/mol. The SMILES string of the molecule is COC(=O)Nc1ccc(-c2ncc([C@@H]3CCc4nc(-c5cc(Cl)ccc5-n5cnnn5)cc(=O)n43)[nH]2)cc1. The second kappa shape index (κ2) is 9.56. The number of imidazole rings is 1. The lowest BCUT2D eigenvalue weighted by Crippen LogP contribution is -2.24. The highest BCUT2D eigenvalue weighted by molar-refractivity contribution is 6.31. The number of anilines is 1. The third kappa shape index (κ3) is 4.30. The number of H-pyrrole nitrogens is 1. The van der Waals surface area contributed by atoms with Crippen LogP contribution < -0.4 is 10.9 Å². The third-order valence-electron chi connectivity index (χ3n) is 6.35. The van der Waals surface area contributed by atoms with E-state index >= 15 is 0 Å². The van der Waals surface area contributed by atoms with E-state index in [1.165, 1.54) is 24.2 Å². The summed E-state index contributed by atoms with van der Waals surface area (Å²) in [5, 5.41) is 14.5. The maximum absolute atomic E-state index is 13.4. The Balaban J connectivity index is 1.30. The first kappa shape index (κ1) is 23.6. The van der Waals surface area contributed by atoms with Crippen molar-refractivity contribution in [2.45, 2.75) is 18.9 Å². The van der Waals surface area contributed by atoms with Gasteiger partial charge in [-0.15, -0.1) is 5.10 Å². The highest BCUT2D eigenvalue weighted by Crippen LogP contribution is 2.33. The van der Waals surface area contributed by atoms with Gasteiger partial charge in [-0.3, -0.25) is 14.7 Å². The number of hydrogen-bond donors (Lipinski definition) is 2. The lowest BCUT2D eigenvalue weighted by atomic mass is 10.1. The van der Waals surface area contributed by atoms with Crippen LogP contribution >= 0.6 is 11.6 Å². The molecule has 0 saturated heterocycles. The van der Waals surface area contributed by atoms with Gasteiger partial charge in [-0.05, 0) is 59.3 Å². The number of aromatic nitrogens is 8. The van der Waals surface area contributed by atoms with Crippen LogP contribution in [-0.4, -0.2) is 52.9 Å². The molecule has 2 aromatic carbocycles. The topological polar surface area (TPSA) is 146 Å². The number of nitrogens with zero attached hydrogens (tertiary/aromatic N) is 7. The number of rotatable bonds is 5. The molecule has 13 heteroatoms. The number of nitrogens with one attached hydrogen (secondary N) is 2. The van der Waals surface area contributed by atoms with Gasteiger partial charge in [0.1, 0.15) is 18.0 Å². The molecule has 1 atom stereocenters. The van der Waals surface area contributed by atoms with E-state index in [-0.39, 0.29) is 11.6 Å². The van der Waals surface area contributed by atoms with Crippen LogP contribution in [-0.2, 0) is 11.2 Å². The largest absolute Gasteiger partial charge is 0.453 e. The van der Waals surface area contributed by atoms with Crippen LogP contribution in [0.1, 0.15) is 24.0 Å². The molecule has 4 heterocycles. The number of aromatic amines is 1. The standard InChI is InChI=1S/C25H20ClN9O3/c1-38-25(37)29-16-5-2-14(3-6-16)24-27-12-19(31-24)21-8-9-22-30-18(11-23(36)35(21)22)17-10-15(26)4-7-20(17)34-13-28-32-33-34/h2-7,10-13,21H,8-9H2,1H3,(H,27,31)(H,29,37)/t21-/m0/s1. The minimum absolute atomic E-state index is 0.176. The van der Waals surface area contributed by atoms with Crippen LogP contribution in [0.5, 0.6) is 0 Å². The van der Waals surface area contributed by atoms with Gasteiger partial charge in [0.25, 0.3) is 5.56 Å². The molecule has 0 spiro atoms. The van der Waals surface area contributed by atoms with E-state index < -0.39 is 6.09 Å². The second-order valence-electron chi connectivity index (χ2n) is 8.62. The molecular weight excluding hydrogens is 510 g/mol. The summed E-state index contributed by atoms with van der Waals surface area (Å²) in [7, 11) is 1.31. The molecule has 0 fully saturated rings. The summed E-state index contributed by atoms with van der Waals surface area (Å²) in [5.41, 5.74) is 3.89. The van der Waals surface area contributed by atoms with Crippen LogP contribution in [0.3, 0.4) is 0 Å². The van der Waals surface area contributed by atoms with Crippen LogP contribution in [0.15, 0.2) is 65.8 Å². The van der Waals surface area contributed by atoms with Crippen molar-refractivity contribution in [2.24, 2.45) is 0 Å². The minimum atomic E-state index is -0.540. The first-order valence-corrected chi connectivity index (χ1v) is 12.0. The molecule has 1 amide bonds.